The van der Waals surface area contributed by atoms with Gasteiger partial charge in [-0.25, -0.2) is 4.98 Å². The molecule has 174 valence electrons. The monoisotopic (exact) mass is 473 g/mol. The van der Waals surface area contributed by atoms with Crippen molar-refractivity contribution in [3.63, 3.8) is 0 Å². The minimum Gasteiger partial charge on any atom is -0.497 e. The normalized spacial score (nSPS) is 11.1. The van der Waals surface area contributed by atoms with Crippen molar-refractivity contribution in [1.29, 1.82) is 0 Å². The molecule has 4 rings (SSSR count). The summed E-state index contributed by atoms with van der Waals surface area (Å²) in [6.07, 6.45) is 0. The van der Waals surface area contributed by atoms with Gasteiger partial charge in [0, 0.05) is 23.4 Å². The van der Waals surface area contributed by atoms with Gasteiger partial charge in [0.05, 0.1) is 23.7 Å². The number of aryl methyl sites for hydroxylation is 1. The van der Waals surface area contributed by atoms with Crippen LogP contribution in [0, 0.1) is 6.92 Å². The lowest BCUT2D eigenvalue weighted by molar-refractivity contribution is 0.0943. The Morgan fingerprint density at radius 2 is 1.88 bits per heavy atom. The van der Waals surface area contributed by atoms with Crippen LogP contribution in [0.15, 0.2) is 76.7 Å². The van der Waals surface area contributed by atoms with Crippen molar-refractivity contribution >= 4 is 28.6 Å². The fourth-order valence-electron chi connectivity index (χ4n) is 3.68. The topological polar surface area (TPSA) is 73.2 Å². The van der Waals surface area contributed by atoms with Crippen molar-refractivity contribution in [3.05, 3.63) is 93.8 Å². The number of hydrogen-bond donors (Lipinski definition) is 1. The van der Waals surface area contributed by atoms with E-state index < -0.39 is 0 Å². The van der Waals surface area contributed by atoms with Crippen molar-refractivity contribution in [1.82, 2.24) is 14.9 Å². The van der Waals surface area contributed by atoms with Gasteiger partial charge in [-0.15, -0.1) is 0 Å². The van der Waals surface area contributed by atoms with E-state index in [2.05, 4.69) is 30.4 Å². The van der Waals surface area contributed by atoms with Crippen LogP contribution in [0.4, 0.5) is 0 Å². The summed E-state index contributed by atoms with van der Waals surface area (Å²) in [4.78, 5) is 31.0. The fourth-order valence-corrected chi connectivity index (χ4v) is 4.63. The van der Waals surface area contributed by atoms with Gasteiger partial charge in [0.2, 0.25) is 0 Å². The number of fused-ring (bicyclic) bond motifs is 1. The number of aromatic nitrogens is 2. The van der Waals surface area contributed by atoms with E-state index >= 15 is 0 Å². The van der Waals surface area contributed by atoms with Gasteiger partial charge in [-0.1, -0.05) is 47.7 Å². The van der Waals surface area contributed by atoms with E-state index in [4.69, 9.17) is 9.72 Å². The average molecular weight is 474 g/mol. The van der Waals surface area contributed by atoms with Gasteiger partial charge < -0.3 is 10.1 Å². The number of nitrogens with one attached hydrogen (secondary N) is 1. The van der Waals surface area contributed by atoms with E-state index in [0.717, 1.165) is 5.56 Å². The predicted octanol–water partition coefficient (Wildman–Crippen LogP) is 5.13. The Hall–Kier alpha value is -3.58. The molecule has 1 aromatic heterocycles. The van der Waals surface area contributed by atoms with E-state index in [-0.39, 0.29) is 17.5 Å². The molecule has 0 bridgehead atoms. The summed E-state index contributed by atoms with van der Waals surface area (Å²) in [7, 11) is 1.59. The van der Waals surface area contributed by atoms with Crippen LogP contribution >= 0.6 is 11.8 Å². The third-order valence-electron chi connectivity index (χ3n) is 5.28. The van der Waals surface area contributed by atoms with Crippen LogP contribution < -0.4 is 15.6 Å². The van der Waals surface area contributed by atoms with Crippen LogP contribution in [0.25, 0.3) is 16.6 Å². The SMILES string of the molecule is COc1cccc(-n2c(SCc3cccc(C)c3)nc3cc(C(=O)NC(C)C)ccc3c2=O)c1. The summed E-state index contributed by atoms with van der Waals surface area (Å²) in [6.45, 7) is 5.87. The fraction of sp³-hybridized carbons (Fsp3) is 0.222. The van der Waals surface area contributed by atoms with Crippen LogP contribution in [0.1, 0.15) is 35.3 Å². The molecule has 0 aliphatic heterocycles. The molecule has 0 saturated heterocycles. The summed E-state index contributed by atoms with van der Waals surface area (Å²) in [5, 5.41) is 3.88. The standard InChI is InChI=1S/C27H27N3O3S/c1-17(2)28-25(31)20-11-12-23-24(14-20)29-27(34-16-19-8-5-7-18(3)13-19)30(26(23)32)21-9-6-10-22(15-21)33-4/h5-15,17H,16H2,1-4H3,(H,28,31). The van der Waals surface area contributed by atoms with Crippen LogP contribution in [-0.2, 0) is 5.75 Å². The molecule has 7 heteroatoms. The maximum atomic E-state index is 13.6. The minimum atomic E-state index is -0.194. The number of ether oxygens (including phenoxy) is 1. The molecule has 0 unspecified atom stereocenters. The molecule has 1 N–H and O–H groups in total. The first-order valence-corrected chi connectivity index (χ1v) is 12.0. The zero-order valence-corrected chi connectivity index (χ0v) is 20.5. The number of methoxy groups -OCH3 is 1. The summed E-state index contributed by atoms with van der Waals surface area (Å²) in [5.41, 5.74) is 3.76. The van der Waals surface area contributed by atoms with Gasteiger partial charge >= 0.3 is 0 Å². The summed E-state index contributed by atoms with van der Waals surface area (Å²) < 4.78 is 6.98. The quantitative estimate of drug-likeness (QED) is 0.297. The summed E-state index contributed by atoms with van der Waals surface area (Å²) in [6, 6.07) is 20.6. The smallest absolute Gasteiger partial charge is 0.266 e. The molecule has 0 spiro atoms. The molecule has 0 radical (unpaired) electrons. The van der Waals surface area contributed by atoms with E-state index in [1.54, 1.807) is 29.9 Å². The predicted molar refractivity (Wildman–Crippen MR) is 137 cm³/mol. The molecule has 0 aliphatic rings. The first-order valence-electron chi connectivity index (χ1n) is 11.1. The third-order valence-corrected chi connectivity index (χ3v) is 6.29. The molecule has 4 aromatic rings. The molecule has 0 atom stereocenters. The van der Waals surface area contributed by atoms with Crippen LogP contribution in [0.3, 0.4) is 0 Å². The molecule has 3 aromatic carbocycles. The second kappa shape index (κ2) is 10.1. The van der Waals surface area contributed by atoms with Crippen molar-refractivity contribution < 1.29 is 9.53 Å². The Morgan fingerprint density at radius 1 is 1.09 bits per heavy atom. The highest BCUT2D eigenvalue weighted by atomic mass is 32.2. The number of carbonyl (C=O) groups is 1. The zero-order valence-electron chi connectivity index (χ0n) is 19.7. The first-order chi connectivity index (χ1) is 16.4. The molecular formula is C27H27N3O3S. The minimum absolute atomic E-state index is 0.0117. The zero-order chi connectivity index (χ0) is 24.2. The largest absolute Gasteiger partial charge is 0.497 e. The number of benzene rings is 3. The summed E-state index contributed by atoms with van der Waals surface area (Å²) >= 11 is 1.48. The van der Waals surface area contributed by atoms with Gasteiger partial charge in [0.15, 0.2) is 5.16 Å². The highest BCUT2D eigenvalue weighted by Gasteiger charge is 2.16. The van der Waals surface area contributed by atoms with Crippen LogP contribution in [0.5, 0.6) is 5.75 Å². The second-order valence-electron chi connectivity index (χ2n) is 8.37. The molecule has 0 fully saturated rings. The molecule has 1 amide bonds. The van der Waals surface area contributed by atoms with Crippen molar-refractivity contribution in [2.24, 2.45) is 0 Å². The van der Waals surface area contributed by atoms with Gasteiger partial charge in [0.1, 0.15) is 5.75 Å². The molecule has 0 aliphatic carbocycles. The first kappa shape index (κ1) is 23.6. The number of rotatable bonds is 7. The highest BCUT2D eigenvalue weighted by molar-refractivity contribution is 7.98. The lowest BCUT2D eigenvalue weighted by Gasteiger charge is -2.15. The van der Waals surface area contributed by atoms with Crippen molar-refractivity contribution in [2.75, 3.05) is 7.11 Å². The Kier molecular flexibility index (Phi) is 7.03. The van der Waals surface area contributed by atoms with Gasteiger partial charge in [0.25, 0.3) is 11.5 Å². The van der Waals surface area contributed by atoms with E-state index in [1.807, 2.05) is 44.2 Å². The van der Waals surface area contributed by atoms with Crippen molar-refractivity contribution in [2.45, 2.75) is 37.7 Å². The van der Waals surface area contributed by atoms with Crippen molar-refractivity contribution in [3.8, 4) is 11.4 Å². The molecule has 6 nitrogen and oxygen atoms in total. The molecule has 0 saturated carbocycles. The lowest BCUT2D eigenvalue weighted by atomic mass is 10.1. The van der Waals surface area contributed by atoms with Crippen LogP contribution in [0.2, 0.25) is 0 Å². The lowest BCUT2D eigenvalue weighted by Crippen LogP contribution is -2.30. The second-order valence-corrected chi connectivity index (χ2v) is 9.32. The molecular weight excluding hydrogens is 446 g/mol. The molecule has 1 heterocycles. The van der Waals surface area contributed by atoms with Gasteiger partial charge in [-0.05, 0) is 56.7 Å². The Bertz CT molecular complexity index is 1410. The molecule has 34 heavy (non-hydrogen) atoms. The average Bonchev–Trinajstić information content (AvgIpc) is 2.82. The highest BCUT2D eigenvalue weighted by Crippen LogP contribution is 2.26. The van der Waals surface area contributed by atoms with Gasteiger partial charge in [-0.2, -0.15) is 0 Å². The third kappa shape index (κ3) is 5.15. The Labute approximate surface area is 203 Å². The van der Waals surface area contributed by atoms with Crippen LogP contribution in [-0.4, -0.2) is 28.6 Å². The number of hydrogen-bond acceptors (Lipinski definition) is 5. The maximum absolute atomic E-state index is 13.6. The number of carbonyl (C=O) groups excluding carboxylic acids is 1. The Morgan fingerprint density at radius 3 is 2.62 bits per heavy atom. The maximum Gasteiger partial charge on any atom is 0.266 e. The number of thioether (sulfide) groups is 1. The summed E-state index contributed by atoms with van der Waals surface area (Å²) in [5.74, 6) is 1.11. The van der Waals surface area contributed by atoms with E-state index in [0.29, 0.717) is 38.8 Å². The Balaban J connectivity index is 1.84. The van der Waals surface area contributed by atoms with E-state index in [9.17, 15) is 9.59 Å². The van der Waals surface area contributed by atoms with E-state index in [1.165, 1.54) is 17.3 Å². The number of amides is 1. The number of nitrogens with zero attached hydrogens (tertiary/aromatic N) is 2. The van der Waals surface area contributed by atoms with Gasteiger partial charge in [-0.3, -0.25) is 14.2 Å².